The Bertz CT molecular complexity index is 565. The molecule has 70 valence electrons. The van der Waals surface area contributed by atoms with Crippen molar-refractivity contribution in [3.05, 3.63) is 23.5 Å². The molecule has 0 aliphatic rings. The molecule has 0 fully saturated rings. The molecule has 0 aliphatic carbocycles. The van der Waals surface area contributed by atoms with Crippen LogP contribution in [0.15, 0.2) is 12.1 Å². The minimum Gasteiger partial charge on any atom is -0.197 e. The molecule has 0 unspecified atom stereocenters. The Kier molecular flexibility index (Phi) is 1.63. The smallest absolute Gasteiger partial charge is 0.0590 e. The molecule has 0 saturated heterocycles. The first kappa shape index (κ1) is 8.32. The second kappa shape index (κ2) is 2.74. The summed E-state index contributed by atoms with van der Waals surface area (Å²) in [7, 11) is 0. The number of rotatable bonds is 0. The van der Waals surface area contributed by atoms with Crippen molar-refractivity contribution in [3.63, 3.8) is 0 Å². The molecule has 4 heteroatoms. The molecular formula is C10H8N2S2. The van der Waals surface area contributed by atoms with Gasteiger partial charge in [0.1, 0.15) is 0 Å². The first-order valence-corrected chi connectivity index (χ1v) is 5.92. The van der Waals surface area contributed by atoms with E-state index in [0.717, 1.165) is 11.4 Å². The predicted octanol–water partition coefficient (Wildman–Crippen LogP) is 3.52. The van der Waals surface area contributed by atoms with Gasteiger partial charge in [0, 0.05) is 10.8 Å². The molecule has 14 heavy (non-hydrogen) atoms. The van der Waals surface area contributed by atoms with Crippen molar-refractivity contribution in [1.82, 2.24) is 8.75 Å². The van der Waals surface area contributed by atoms with E-state index in [1.54, 1.807) is 23.1 Å². The molecule has 1 aromatic carbocycles. The van der Waals surface area contributed by atoms with Crippen molar-refractivity contribution in [2.24, 2.45) is 0 Å². The molecule has 3 aromatic rings. The topological polar surface area (TPSA) is 25.8 Å². The molecule has 0 saturated carbocycles. The van der Waals surface area contributed by atoms with Crippen LogP contribution in [0.5, 0.6) is 0 Å². The highest BCUT2D eigenvalue weighted by Crippen LogP contribution is 2.31. The van der Waals surface area contributed by atoms with Crippen molar-refractivity contribution in [2.45, 2.75) is 13.8 Å². The predicted molar refractivity (Wildman–Crippen MR) is 62.3 cm³/mol. The number of hydrogen-bond donors (Lipinski definition) is 0. The van der Waals surface area contributed by atoms with Crippen molar-refractivity contribution >= 4 is 43.2 Å². The second-order valence-corrected chi connectivity index (χ2v) is 4.99. The fourth-order valence-corrected chi connectivity index (χ4v) is 3.23. The van der Waals surface area contributed by atoms with Crippen LogP contribution in [-0.2, 0) is 0 Å². The average Bonchev–Trinajstić information content (AvgIpc) is 2.71. The van der Waals surface area contributed by atoms with Gasteiger partial charge >= 0.3 is 0 Å². The summed E-state index contributed by atoms with van der Waals surface area (Å²) in [5, 5.41) is 2.54. The highest BCUT2D eigenvalue weighted by molar-refractivity contribution is 7.15. The Hall–Kier alpha value is -1.00. The van der Waals surface area contributed by atoms with Crippen molar-refractivity contribution in [2.75, 3.05) is 0 Å². The largest absolute Gasteiger partial charge is 0.197 e. The lowest BCUT2D eigenvalue weighted by molar-refractivity contribution is 1.37. The Balaban J connectivity index is 2.56. The van der Waals surface area contributed by atoms with Gasteiger partial charge in [-0.05, 0) is 49.0 Å². The Morgan fingerprint density at radius 1 is 0.857 bits per heavy atom. The van der Waals surface area contributed by atoms with E-state index in [0.29, 0.717) is 0 Å². The van der Waals surface area contributed by atoms with Crippen LogP contribution in [0, 0.1) is 13.8 Å². The maximum absolute atomic E-state index is 4.35. The Morgan fingerprint density at radius 3 is 1.71 bits per heavy atom. The summed E-state index contributed by atoms with van der Waals surface area (Å²) in [5.41, 5.74) is 2.25. The summed E-state index contributed by atoms with van der Waals surface area (Å²) < 4.78 is 11.2. The first-order chi connectivity index (χ1) is 6.75. The lowest BCUT2D eigenvalue weighted by atomic mass is 10.1. The minimum absolute atomic E-state index is 1.12. The van der Waals surface area contributed by atoms with Gasteiger partial charge in [-0.3, -0.25) is 0 Å². The van der Waals surface area contributed by atoms with E-state index >= 15 is 0 Å². The van der Waals surface area contributed by atoms with Gasteiger partial charge in [-0.15, -0.1) is 0 Å². The van der Waals surface area contributed by atoms with Gasteiger partial charge in [0.05, 0.1) is 20.8 Å². The third kappa shape index (κ3) is 1.01. The van der Waals surface area contributed by atoms with E-state index in [1.807, 2.05) is 0 Å². The van der Waals surface area contributed by atoms with Crippen LogP contribution in [0.3, 0.4) is 0 Å². The van der Waals surface area contributed by atoms with Crippen molar-refractivity contribution in [3.8, 4) is 0 Å². The molecule has 0 aliphatic heterocycles. The van der Waals surface area contributed by atoms with Gasteiger partial charge in [-0.25, -0.2) is 0 Å². The summed E-state index contributed by atoms with van der Waals surface area (Å²) in [6.45, 7) is 4.11. The number of fused-ring (bicyclic) bond motifs is 2. The van der Waals surface area contributed by atoms with E-state index in [-0.39, 0.29) is 0 Å². The van der Waals surface area contributed by atoms with Gasteiger partial charge in [0.15, 0.2) is 0 Å². The summed E-state index contributed by atoms with van der Waals surface area (Å²) in [5.74, 6) is 0. The zero-order valence-electron chi connectivity index (χ0n) is 7.87. The van der Waals surface area contributed by atoms with Crippen LogP contribution in [-0.4, -0.2) is 8.75 Å². The van der Waals surface area contributed by atoms with E-state index in [4.69, 9.17) is 0 Å². The number of aromatic nitrogens is 2. The van der Waals surface area contributed by atoms with E-state index in [2.05, 4.69) is 34.7 Å². The maximum Gasteiger partial charge on any atom is 0.0590 e. The Morgan fingerprint density at radius 2 is 1.29 bits per heavy atom. The highest BCUT2D eigenvalue weighted by Gasteiger charge is 2.07. The lowest BCUT2D eigenvalue weighted by Gasteiger charge is -1.91. The number of aryl methyl sites for hydroxylation is 2. The minimum atomic E-state index is 1.12. The van der Waals surface area contributed by atoms with E-state index in [1.165, 1.54) is 20.2 Å². The van der Waals surface area contributed by atoms with Gasteiger partial charge in [0.25, 0.3) is 0 Å². The van der Waals surface area contributed by atoms with Crippen LogP contribution in [0.4, 0.5) is 0 Å². The molecule has 0 spiro atoms. The van der Waals surface area contributed by atoms with Gasteiger partial charge in [-0.1, -0.05) is 0 Å². The van der Waals surface area contributed by atoms with Gasteiger partial charge in [0.2, 0.25) is 0 Å². The normalized spacial score (nSPS) is 11.6. The zero-order valence-corrected chi connectivity index (χ0v) is 9.50. The monoisotopic (exact) mass is 220 g/mol. The fourth-order valence-electron chi connectivity index (χ4n) is 1.61. The molecular weight excluding hydrogens is 212 g/mol. The number of hydrogen-bond acceptors (Lipinski definition) is 4. The summed E-state index contributed by atoms with van der Waals surface area (Å²) >= 11 is 3.14. The molecule has 0 amide bonds. The quantitative estimate of drug-likeness (QED) is 0.579. The van der Waals surface area contributed by atoms with Crippen molar-refractivity contribution in [1.29, 1.82) is 0 Å². The molecule has 0 bridgehead atoms. The molecule has 0 radical (unpaired) electrons. The van der Waals surface area contributed by atoms with E-state index in [9.17, 15) is 0 Å². The first-order valence-electron chi connectivity index (χ1n) is 4.38. The summed E-state index contributed by atoms with van der Waals surface area (Å²) in [6, 6.07) is 4.41. The fraction of sp³-hybridized carbons (Fsp3) is 0.200. The maximum atomic E-state index is 4.35. The third-order valence-electron chi connectivity index (χ3n) is 2.42. The van der Waals surface area contributed by atoms with Gasteiger partial charge < -0.3 is 0 Å². The molecule has 2 aromatic heterocycles. The highest BCUT2D eigenvalue weighted by atomic mass is 32.1. The van der Waals surface area contributed by atoms with Crippen LogP contribution in [0.2, 0.25) is 0 Å². The van der Waals surface area contributed by atoms with Crippen molar-refractivity contribution < 1.29 is 0 Å². The molecule has 0 atom stereocenters. The lowest BCUT2D eigenvalue weighted by Crippen LogP contribution is -1.71. The molecule has 0 N–H and O–H groups in total. The number of benzene rings is 1. The van der Waals surface area contributed by atoms with Crippen LogP contribution in [0.1, 0.15) is 11.4 Å². The van der Waals surface area contributed by atoms with E-state index < -0.39 is 0 Å². The summed E-state index contributed by atoms with van der Waals surface area (Å²) in [4.78, 5) is 0. The SMILES string of the molecule is Cc1nsc2cc3c(C)nsc3cc12. The zero-order chi connectivity index (χ0) is 9.71. The van der Waals surface area contributed by atoms with Crippen LogP contribution in [0.25, 0.3) is 20.2 Å². The van der Waals surface area contributed by atoms with Crippen LogP contribution >= 0.6 is 23.1 Å². The average molecular weight is 220 g/mol. The van der Waals surface area contributed by atoms with Crippen LogP contribution < -0.4 is 0 Å². The standard InChI is InChI=1S/C10H8N2S2/c1-5-7-3-10-8(6(2)12-14-10)4-9(7)13-11-5/h3-4H,1-2H3. The molecule has 2 heterocycles. The Labute approximate surface area is 89.5 Å². The van der Waals surface area contributed by atoms with Gasteiger partial charge in [-0.2, -0.15) is 8.75 Å². The molecule has 2 nitrogen and oxygen atoms in total. The molecule has 3 rings (SSSR count). The second-order valence-electron chi connectivity index (χ2n) is 3.38. The summed E-state index contributed by atoms with van der Waals surface area (Å²) in [6.07, 6.45) is 0. The number of nitrogens with zero attached hydrogens (tertiary/aromatic N) is 2. The third-order valence-corrected chi connectivity index (χ3v) is 4.22.